The normalized spacial score (nSPS) is 12.4. The summed E-state index contributed by atoms with van der Waals surface area (Å²) in [5, 5.41) is 6.80. The number of hydrogen-bond donors (Lipinski definition) is 2. The summed E-state index contributed by atoms with van der Waals surface area (Å²) in [4.78, 5) is 6.93. The van der Waals surface area contributed by atoms with Gasteiger partial charge in [-0.1, -0.05) is 61.5 Å². The number of halogens is 1. The molecule has 2 aromatic carbocycles. The van der Waals surface area contributed by atoms with E-state index in [0.29, 0.717) is 12.5 Å². The summed E-state index contributed by atoms with van der Waals surface area (Å²) < 4.78 is 0. The highest BCUT2D eigenvalue weighted by Crippen LogP contribution is 2.13. The predicted molar refractivity (Wildman–Crippen MR) is 127 cm³/mol. The fraction of sp³-hybridized carbons (Fsp3) is 0.409. The van der Waals surface area contributed by atoms with Crippen LogP contribution in [0.15, 0.2) is 59.6 Å². The van der Waals surface area contributed by atoms with Crippen molar-refractivity contribution in [3.8, 4) is 0 Å². The fourth-order valence-electron chi connectivity index (χ4n) is 2.85. The van der Waals surface area contributed by atoms with Crippen molar-refractivity contribution in [2.75, 3.05) is 27.2 Å². The van der Waals surface area contributed by atoms with Gasteiger partial charge in [0.1, 0.15) is 0 Å². The lowest BCUT2D eigenvalue weighted by Crippen LogP contribution is -2.39. The van der Waals surface area contributed by atoms with Crippen LogP contribution in [-0.2, 0) is 13.1 Å². The highest BCUT2D eigenvalue weighted by Gasteiger charge is 2.06. The van der Waals surface area contributed by atoms with Crippen LogP contribution in [0.1, 0.15) is 36.5 Å². The molecule has 1 atom stereocenters. The summed E-state index contributed by atoms with van der Waals surface area (Å²) in [5.41, 5.74) is 3.89. The lowest BCUT2D eigenvalue weighted by Gasteiger charge is -2.16. The molecule has 1 unspecified atom stereocenters. The Morgan fingerprint density at radius 1 is 1.00 bits per heavy atom. The van der Waals surface area contributed by atoms with Gasteiger partial charge in [0.15, 0.2) is 5.96 Å². The van der Waals surface area contributed by atoms with Crippen LogP contribution in [-0.4, -0.2) is 38.0 Å². The number of nitrogens with one attached hydrogen (secondary N) is 2. The van der Waals surface area contributed by atoms with E-state index in [1.165, 1.54) is 16.7 Å². The Kier molecular flexibility index (Phi) is 11.0. The van der Waals surface area contributed by atoms with Crippen molar-refractivity contribution in [1.82, 2.24) is 15.5 Å². The first-order chi connectivity index (χ1) is 12.6. The van der Waals surface area contributed by atoms with Crippen molar-refractivity contribution in [3.05, 3.63) is 71.3 Å². The van der Waals surface area contributed by atoms with Gasteiger partial charge in [-0.15, -0.1) is 24.0 Å². The molecule has 0 radical (unpaired) electrons. The maximum Gasteiger partial charge on any atom is 0.191 e. The second-order valence-corrected chi connectivity index (χ2v) is 6.95. The second kappa shape index (κ2) is 12.7. The van der Waals surface area contributed by atoms with Crippen molar-refractivity contribution < 1.29 is 0 Å². The molecule has 0 aliphatic rings. The molecule has 4 nitrogen and oxygen atoms in total. The maximum absolute atomic E-state index is 4.75. The van der Waals surface area contributed by atoms with E-state index in [0.717, 1.165) is 25.6 Å². The molecule has 148 valence electrons. The first kappa shape index (κ1) is 23.4. The monoisotopic (exact) mass is 480 g/mol. The quantitative estimate of drug-likeness (QED) is 0.338. The van der Waals surface area contributed by atoms with Crippen LogP contribution in [0, 0.1) is 0 Å². The Bertz CT molecular complexity index is 686. The summed E-state index contributed by atoms with van der Waals surface area (Å²) in [5.74, 6) is 1.30. The summed E-state index contributed by atoms with van der Waals surface area (Å²) >= 11 is 0. The summed E-state index contributed by atoms with van der Waals surface area (Å²) in [7, 11) is 4.18. The van der Waals surface area contributed by atoms with Gasteiger partial charge in [0.05, 0.1) is 6.54 Å². The predicted octanol–water partition coefficient (Wildman–Crippen LogP) is 4.23. The Morgan fingerprint density at radius 3 is 2.37 bits per heavy atom. The highest BCUT2D eigenvalue weighted by atomic mass is 127. The Morgan fingerprint density at radius 2 is 1.70 bits per heavy atom. The number of benzene rings is 2. The minimum atomic E-state index is 0. The second-order valence-electron chi connectivity index (χ2n) is 6.95. The van der Waals surface area contributed by atoms with Crippen LogP contribution in [0.25, 0.3) is 0 Å². The molecule has 0 spiro atoms. The van der Waals surface area contributed by atoms with Crippen LogP contribution >= 0.6 is 24.0 Å². The van der Waals surface area contributed by atoms with Gasteiger partial charge in [0.2, 0.25) is 0 Å². The molecule has 27 heavy (non-hydrogen) atoms. The molecular weight excluding hydrogens is 447 g/mol. The summed E-state index contributed by atoms with van der Waals surface area (Å²) in [6, 6.07) is 19.2. The molecule has 0 heterocycles. The minimum absolute atomic E-state index is 0. The first-order valence-corrected chi connectivity index (χ1v) is 9.38. The lowest BCUT2D eigenvalue weighted by molar-refractivity contribution is 0.402. The highest BCUT2D eigenvalue weighted by molar-refractivity contribution is 14.0. The van der Waals surface area contributed by atoms with Crippen molar-refractivity contribution in [1.29, 1.82) is 0 Å². The maximum atomic E-state index is 4.75. The van der Waals surface area contributed by atoms with E-state index in [2.05, 4.69) is 98.1 Å². The molecule has 0 aliphatic carbocycles. The zero-order valence-electron chi connectivity index (χ0n) is 16.9. The van der Waals surface area contributed by atoms with E-state index in [4.69, 9.17) is 4.99 Å². The van der Waals surface area contributed by atoms with E-state index >= 15 is 0 Å². The summed E-state index contributed by atoms with van der Waals surface area (Å²) in [6.45, 7) is 7.66. The third-order valence-electron chi connectivity index (χ3n) is 4.20. The third kappa shape index (κ3) is 8.75. The zero-order valence-corrected chi connectivity index (χ0v) is 19.2. The molecule has 0 bridgehead atoms. The Balaban J connectivity index is 0.00000364. The van der Waals surface area contributed by atoms with Crippen molar-refractivity contribution in [2.45, 2.75) is 32.9 Å². The standard InChI is InChI=1S/C22H32N4.HI/c1-5-23-22(24-15-18(2)21-12-7-6-8-13-21)25-16-19-10-9-11-20(14-19)17-26(3)4;/h6-14,18H,5,15-17H2,1-4H3,(H2,23,24,25);1H. The lowest BCUT2D eigenvalue weighted by atomic mass is 10.0. The molecular formula is C22H33IN4. The van der Waals surface area contributed by atoms with E-state index in [1.54, 1.807) is 0 Å². The first-order valence-electron chi connectivity index (χ1n) is 9.38. The van der Waals surface area contributed by atoms with E-state index < -0.39 is 0 Å². The van der Waals surface area contributed by atoms with Gasteiger partial charge >= 0.3 is 0 Å². The topological polar surface area (TPSA) is 39.7 Å². The molecule has 2 N–H and O–H groups in total. The summed E-state index contributed by atoms with van der Waals surface area (Å²) in [6.07, 6.45) is 0. The Labute approximate surface area is 181 Å². The third-order valence-corrected chi connectivity index (χ3v) is 4.20. The number of nitrogens with zero attached hydrogens (tertiary/aromatic N) is 2. The number of rotatable bonds is 8. The van der Waals surface area contributed by atoms with Crippen LogP contribution < -0.4 is 10.6 Å². The van der Waals surface area contributed by atoms with Gasteiger partial charge in [-0.05, 0) is 43.6 Å². The van der Waals surface area contributed by atoms with E-state index in [9.17, 15) is 0 Å². The fourth-order valence-corrected chi connectivity index (χ4v) is 2.85. The van der Waals surface area contributed by atoms with Gasteiger partial charge < -0.3 is 15.5 Å². The molecule has 0 saturated carbocycles. The SMILES string of the molecule is CCNC(=NCc1cccc(CN(C)C)c1)NCC(C)c1ccccc1.I. The van der Waals surface area contributed by atoms with Crippen molar-refractivity contribution in [2.24, 2.45) is 4.99 Å². The van der Waals surface area contributed by atoms with Gasteiger partial charge in [0.25, 0.3) is 0 Å². The number of hydrogen-bond acceptors (Lipinski definition) is 2. The molecule has 2 rings (SSSR count). The molecule has 0 amide bonds. The molecule has 5 heteroatoms. The largest absolute Gasteiger partial charge is 0.357 e. The van der Waals surface area contributed by atoms with E-state index in [-0.39, 0.29) is 24.0 Å². The smallest absolute Gasteiger partial charge is 0.191 e. The van der Waals surface area contributed by atoms with Crippen molar-refractivity contribution >= 4 is 29.9 Å². The minimum Gasteiger partial charge on any atom is -0.357 e. The van der Waals surface area contributed by atoms with Crippen LogP contribution in [0.4, 0.5) is 0 Å². The van der Waals surface area contributed by atoms with Gasteiger partial charge in [-0.3, -0.25) is 0 Å². The van der Waals surface area contributed by atoms with Crippen LogP contribution in [0.3, 0.4) is 0 Å². The average molecular weight is 480 g/mol. The molecule has 0 aromatic heterocycles. The number of guanidine groups is 1. The molecule has 0 fully saturated rings. The molecule has 2 aromatic rings. The van der Waals surface area contributed by atoms with E-state index in [1.807, 2.05) is 0 Å². The zero-order chi connectivity index (χ0) is 18.8. The van der Waals surface area contributed by atoms with Gasteiger partial charge in [-0.25, -0.2) is 4.99 Å². The Hall–Kier alpha value is -1.60. The average Bonchev–Trinajstić information content (AvgIpc) is 2.64. The van der Waals surface area contributed by atoms with Gasteiger partial charge in [-0.2, -0.15) is 0 Å². The van der Waals surface area contributed by atoms with Crippen LogP contribution in [0.5, 0.6) is 0 Å². The molecule has 0 saturated heterocycles. The van der Waals surface area contributed by atoms with Gasteiger partial charge in [0, 0.05) is 19.6 Å². The number of aliphatic imine (C=N–C) groups is 1. The van der Waals surface area contributed by atoms with Crippen molar-refractivity contribution in [3.63, 3.8) is 0 Å². The molecule has 0 aliphatic heterocycles. The van der Waals surface area contributed by atoms with Crippen LogP contribution in [0.2, 0.25) is 0 Å².